The van der Waals surface area contributed by atoms with Gasteiger partial charge < -0.3 is 14.5 Å². The number of sulfonamides is 1. The molecule has 0 unspecified atom stereocenters. The molecule has 4 rings (SSSR count). The van der Waals surface area contributed by atoms with E-state index in [1.165, 1.54) is 12.1 Å². The van der Waals surface area contributed by atoms with Crippen LogP contribution in [0.15, 0.2) is 77.7 Å². The highest BCUT2D eigenvalue weighted by Crippen LogP contribution is 2.35. The molecule has 0 atom stereocenters. The highest BCUT2D eigenvalue weighted by Gasteiger charge is 2.31. The molecule has 1 amide bonds. The van der Waals surface area contributed by atoms with Crippen molar-refractivity contribution in [2.45, 2.75) is 4.90 Å². The van der Waals surface area contributed by atoms with E-state index in [2.05, 4.69) is 4.90 Å². The van der Waals surface area contributed by atoms with Gasteiger partial charge in [-0.3, -0.25) is 9.10 Å². The van der Waals surface area contributed by atoms with Crippen molar-refractivity contribution < 1.29 is 17.9 Å². The Balaban J connectivity index is 1.53. The van der Waals surface area contributed by atoms with Crippen LogP contribution in [0.2, 0.25) is 10.0 Å². The molecule has 1 aliphatic rings. The summed E-state index contributed by atoms with van der Waals surface area (Å²) in [5, 5.41) is 0.281. The number of nitrogens with zero attached hydrogens (tertiary/aromatic N) is 3. The summed E-state index contributed by atoms with van der Waals surface area (Å²) in [4.78, 5) is 17.2. The predicted octanol–water partition coefficient (Wildman–Crippen LogP) is 4.55. The zero-order chi connectivity index (χ0) is 25.0. The van der Waals surface area contributed by atoms with Crippen LogP contribution >= 0.6 is 23.2 Å². The van der Waals surface area contributed by atoms with E-state index in [1.807, 2.05) is 24.3 Å². The van der Waals surface area contributed by atoms with Crippen LogP contribution in [0, 0.1) is 0 Å². The van der Waals surface area contributed by atoms with Crippen molar-refractivity contribution in [3.8, 4) is 5.75 Å². The molecular weight excluding hydrogens is 509 g/mol. The van der Waals surface area contributed by atoms with E-state index in [1.54, 1.807) is 48.4 Å². The second kappa shape index (κ2) is 10.8. The number of ether oxygens (including phenoxy) is 1. The zero-order valence-corrected chi connectivity index (χ0v) is 21.4. The molecule has 0 spiro atoms. The molecule has 1 aliphatic heterocycles. The third kappa shape index (κ3) is 5.50. The highest BCUT2D eigenvalue weighted by atomic mass is 35.5. The van der Waals surface area contributed by atoms with E-state index in [0.29, 0.717) is 26.2 Å². The standard InChI is InChI=1S/C25H25Cl2N3O4S/c1-34-20-12-10-19(11-13-20)28-14-16-29(17-15-28)24(31)18-30(23-9-5-8-22(26)25(23)27)35(32,33)21-6-3-2-4-7-21/h2-13H,14-18H2,1H3. The summed E-state index contributed by atoms with van der Waals surface area (Å²) < 4.78 is 33.3. The number of benzene rings is 3. The lowest BCUT2D eigenvalue weighted by Crippen LogP contribution is -2.52. The van der Waals surface area contributed by atoms with Crippen molar-refractivity contribution in [3.63, 3.8) is 0 Å². The zero-order valence-electron chi connectivity index (χ0n) is 19.1. The monoisotopic (exact) mass is 533 g/mol. The van der Waals surface area contributed by atoms with Gasteiger partial charge >= 0.3 is 0 Å². The van der Waals surface area contributed by atoms with Crippen LogP contribution in [0.25, 0.3) is 0 Å². The van der Waals surface area contributed by atoms with Crippen molar-refractivity contribution in [1.82, 2.24) is 4.90 Å². The summed E-state index contributed by atoms with van der Waals surface area (Å²) >= 11 is 12.6. The van der Waals surface area contributed by atoms with Gasteiger partial charge in [0.1, 0.15) is 12.3 Å². The number of hydrogen-bond acceptors (Lipinski definition) is 5. The molecule has 1 heterocycles. The molecular formula is C25H25Cl2N3O4S. The Bertz CT molecular complexity index is 1280. The second-order valence-corrected chi connectivity index (χ2v) is 10.6. The van der Waals surface area contributed by atoms with E-state index >= 15 is 0 Å². The lowest BCUT2D eigenvalue weighted by Gasteiger charge is -2.37. The van der Waals surface area contributed by atoms with Gasteiger partial charge in [0.2, 0.25) is 5.91 Å². The lowest BCUT2D eigenvalue weighted by molar-refractivity contribution is -0.129. The molecule has 3 aromatic rings. The van der Waals surface area contributed by atoms with E-state index < -0.39 is 10.0 Å². The molecule has 0 aliphatic carbocycles. The minimum atomic E-state index is -4.07. The number of methoxy groups -OCH3 is 1. The third-order valence-corrected chi connectivity index (χ3v) is 8.46. The van der Waals surface area contributed by atoms with Crippen LogP contribution in [0.5, 0.6) is 5.75 Å². The maximum absolute atomic E-state index is 13.5. The number of carbonyl (C=O) groups is 1. The quantitative estimate of drug-likeness (QED) is 0.445. The average molecular weight is 534 g/mol. The predicted molar refractivity (Wildman–Crippen MR) is 139 cm³/mol. The first-order valence-electron chi connectivity index (χ1n) is 11.0. The van der Waals surface area contributed by atoms with Crippen LogP contribution < -0.4 is 13.9 Å². The molecule has 7 nitrogen and oxygen atoms in total. The molecule has 0 radical (unpaired) electrons. The SMILES string of the molecule is COc1ccc(N2CCN(C(=O)CN(c3cccc(Cl)c3Cl)S(=O)(=O)c3ccccc3)CC2)cc1. The van der Waals surface area contributed by atoms with Gasteiger partial charge in [0.15, 0.2) is 0 Å². The van der Waals surface area contributed by atoms with Crippen molar-refractivity contribution in [3.05, 3.63) is 82.8 Å². The van der Waals surface area contributed by atoms with E-state index in [0.717, 1.165) is 15.7 Å². The fourth-order valence-electron chi connectivity index (χ4n) is 3.93. The number of piperazine rings is 1. The minimum absolute atomic E-state index is 0.0631. The summed E-state index contributed by atoms with van der Waals surface area (Å²) in [6, 6.07) is 20.4. The Hall–Kier alpha value is -2.94. The van der Waals surface area contributed by atoms with Gasteiger partial charge in [-0.15, -0.1) is 0 Å². The smallest absolute Gasteiger partial charge is 0.264 e. The highest BCUT2D eigenvalue weighted by molar-refractivity contribution is 7.92. The topological polar surface area (TPSA) is 70.2 Å². The van der Waals surface area contributed by atoms with Crippen molar-refractivity contribution in [2.75, 3.05) is 49.0 Å². The second-order valence-electron chi connectivity index (χ2n) is 7.96. The average Bonchev–Trinajstić information content (AvgIpc) is 2.89. The number of carbonyl (C=O) groups excluding carboxylic acids is 1. The van der Waals surface area contributed by atoms with Gasteiger partial charge in [0.05, 0.1) is 27.7 Å². The Labute approximate surface area is 215 Å². The van der Waals surface area contributed by atoms with Crippen LogP contribution in [0.1, 0.15) is 0 Å². The summed E-state index contributed by atoms with van der Waals surface area (Å²) in [7, 11) is -2.44. The maximum Gasteiger partial charge on any atom is 0.264 e. The van der Waals surface area contributed by atoms with Gasteiger partial charge in [-0.2, -0.15) is 0 Å². The molecule has 0 N–H and O–H groups in total. The molecule has 35 heavy (non-hydrogen) atoms. The molecule has 184 valence electrons. The Morgan fingerprint density at radius 2 is 1.57 bits per heavy atom. The minimum Gasteiger partial charge on any atom is -0.497 e. The van der Waals surface area contributed by atoms with Crippen LogP contribution in [0.4, 0.5) is 11.4 Å². The van der Waals surface area contributed by atoms with Crippen LogP contribution in [0.3, 0.4) is 0 Å². The number of anilines is 2. The summed E-state index contributed by atoms with van der Waals surface area (Å²) in [6.45, 7) is 1.80. The molecule has 10 heteroatoms. The summed E-state index contributed by atoms with van der Waals surface area (Å²) in [6.07, 6.45) is 0. The summed E-state index contributed by atoms with van der Waals surface area (Å²) in [5.41, 5.74) is 1.20. The molecule has 0 saturated carbocycles. The Kier molecular flexibility index (Phi) is 7.74. The van der Waals surface area contributed by atoms with Crippen molar-refractivity contribution in [1.29, 1.82) is 0 Å². The van der Waals surface area contributed by atoms with Gasteiger partial charge in [0.25, 0.3) is 10.0 Å². The maximum atomic E-state index is 13.5. The van der Waals surface area contributed by atoms with Crippen LogP contribution in [-0.2, 0) is 14.8 Å². The Morgan fingerprint density at radius 1 is 0.914 bits per heavy atom. The van der Waals surface area contributed by atoms with Gasteiger partial charge in [-0.1, -0.05) is 47.5 Å². The van der Waals surface area contributed by atoms with Crippen LogP contribution in [-0.4, -0.2) is 59.1 Å². The lowest BCUT2D eigenvalue weighted by atomic mass is 10.2. The first-order valence-corrected chi connectivity index (χ1v) is 13.2. The molecule has 0 aromatic heterocycles. The Morgan fingerprint density at radius 3 is 2.20 bits per heavy atom. The molecule has 1 fully saturated rings. The molecule has 0 bridgehead atoms. The van der Waals surface area contributed by atoms with E-state index in [9.17, 15) is 13.2 Å². The first kappa shape index (κ1) is 25.2. The van der Waals surface area contributed by atoms with Gasteiger partial charge in [-0.25, -0.2) is 8.42 Å². The largest absolute Gasteiger partial charge is 0.497 e. The number of hydrogen-bond donors (Lipinski definition) is 0. The van der Waals surface area contributed by atoms with Gasteiger partial charge in [0, 0.05) is 31.9 Å². The fraction of sp³-hybridized carbons (Fsp3) is 0.240. The van der Waals surface area contributed by atoms with Gasteiger partial charge in [-0.05, 0) is 48.5 Å². The number of halogens is 2. The van der Waals surface area contributed by atoms with Crippen molar-refractivity contribution >= 4 is 50.5 Å². The van der Waals surface area contributed by atoms with E-state index in [-0.39, 0.29) is 33.1 Å². The normalized spacial score (nSPS) is 14.0. The number of amides is 1. The van der Waals surface area contributed by atoms with Crippen molar-refractivity contribution in [2.24, 2.45) is 0 Å². The fourth-order valence-corrected chi connectivity index (χ4v) is 5.83. The first-order chi connectivity index (χ1) is 16.8. The molecule has 1 saturated heterocycles. The summed E-state index contributed by atoms with van der Waals surface area (Å²) in [5.74, 6) is 0.469. The molecule has 3 aromatic carbocycles. The number of rotatable bonds is 7. The van der Waals surface area contributed by atoms with E-state index in [4.69, 9.17) is 27.9 Å². The third-order valence-electron chi connectivity index (χ3n) is 5.88.